The van der Waals surface area contributed by atoms with Gasteiger partial charge in [-0.25, -0.2) is 13.1 Å². The van der Waals surface area contributed by atoms with Crippen LogP contribution < -0.4 is 4.72 Å². The van der Waals surface area contributed by atoms with Gasteiger partial charge in [-0.2, -0.15) is 13.2 Å². The second kappa shape index (κ2) is 6.56. The van der Waals surface area contributed by atoms with E-state index in [1.165, 1.54) is 0 Å². The molecule has 114 valence electrons. The number of aliphatic carboxylic acids is 1. The lowest BCUT2D eigenvalue weighted by Gasteiger charge is -2.19. The Kier molecular flexibility index (Phi) is 6.27. The minimum atomic E-state index is -4.89. The topological polar surface area (TPSA) is 83.5 Å². The summed E-state index contributed by atoms with van der Waals surface area (Å²) in [6.07, 6.45) is -4.71. The molecule has 0 aliphatic rings. The number of carboxylic acid groups (broad SMARTS) is 1. The van der Waals surface area contributed by atoms with Crippen molar-refractivity contribution in [3.63, 3.8) is 0 Å². The van der Waals surface area contributed by atoms with E-state index in [9.17, 15) is 26.4 Å². The fourth-order valence-corrected chi connectivity index (χ4v) is 2.39. The van der Waals surface area contributed by atoms with Crippen molar-refractivity contribution in [2.45, 2.75) is 38.6 Å². The predicted octanol–water partition coefficient (Wildman–Crippen LogP) is 1.60. The maximum atomic E-state index is 12.3. The highest BCUT2D eigenvalue weighted by Gasteiger charge is 2.45. The van der Waals surface area contributed by atoms with Crippen molar-refractivity contribution in [1.82, 2.24) is 4.72 Å². The maximum absolute atomic E-state index is 12.3. The fraction of sp³-hybridized carbons (Fsp3) is 0.900. The highest BCUT2D eigenvalue weighted by molar-refractivity contribution is 7.90. The summed E-state index contributed by atoms with van der Waals surface area (Å²) < 4.78 is 61.4. The lowest BCUT2D eigenvalue weighted by molar-refractivity contribution is -0.142. The summed E-state index contributed by atoms with van der Waals surface area (Å²) in [5.74, 6) is -2.29. The van der Waals surface area contributed by atoms with Crippen molar-refractivity contribution >= 4 is 16.0 Å². The number of sulfonamides is 1. The molecule has 0 saturated heterocycles. The van der Waals surface area contributed by atoms with Crippen molar-refractivity contribution in [3.8, 4) is 0 Å². The molecule has 0 aromatic carbocycles. The first-order chi connectivity index (χ1) is 8.38. The van der Waals surface area contributed by atoms with Gasteiger partial charge in [0.2, 0.25) is 10.0 Å². The third kappa shape index (κ3) is 6.24. The Balaban J connectivity index is 4.72. The van der Waals surface area contributed by atoms with Gasteiger partial charge in [0.25, 0.3) is 0 Å². The minimum Gasteiger partial charge on any atom is -0.481 e. The third-order valence-electron chi connectivity index (χ3n) is 2.56. The van der Waals surface area contributed by atoms with Gasteiger partial charge in [-0.1, -0.05) is 13.8 Å². The Bertz CT molecular complexity index is 405. The number of hydrogen-bond donors (Lipinski definition) is 2. The van der Waals surface area contributed by atoms with Crippen LogP contribution in [0.15, 0.2) is 0 Å². The van der Waals surface area contributed by atoms with Gasteiger partial charge >= 0.3 is 12.1 Å². The number of carboxylic acids is 1. The molecular formula is C10H18F3NO4S. The molecule has 0 aromatic heterocycles. The molecular weight excluding hydrogens is 287 g/mol. The highest BCUT2D eigenvalue weighted by Crippen LogP contribution is 2.25. The standard InChI is InChI=1S/C10H18F3NO4S/c1-6(2)4-8(9(15)16)5-14-19(17,18)7(3)10(11,12)13/h6-8,14H,4-5H2,1-3H3,(H,15,16). The molecule has 2 atom stereocenters. The van der Waals surface area contributed by atoms with Crippen molar-refractivity contribution < 1.29 is 31.5 Å². The summed E-state index contributed by atoms with van der Waals surface area (Å²) in [5, 5.41) is 6.28. The monoisotopic (exact) mass is 305 g/mol. The van der Waals surface area contributed by atoms with Gasteiger partial charge < -0.3 is 5.11 Å². The Hall–Kier alpha value is -0.830. The van der Waals surface area contributed by atoms with E-state index in [2.05, 4.69) is 0 Å². The summed E-state index contributed by atoms with van der Waals surface area (Å²) in [6.45, 7) is 3.45. The SMILES string of the molecule is CC(C)CC(CNS(=O)(=O)C(C)C(F)(F)F)C(=O)O. The van der Waals surface area contributed by atoms with E-state index in [-0.39, 0.29) is 12.3 Å². The van der Waals surface area contributed by atoms with E-state index in [0.29, 0.717) is 6.92 Å². The highest BCUT2D eigenvalue weighted by atomic mass is 32.2. The Morgan fingerprint density at radius 1 is 1.26 bits per heavy atom. The molecule has 0 aromatic rings. The number of rotatable bonds is 7. The van der Waals surface area contributed by atoms with E-state index in [4.69, 9.17) is 5.11 Å². The van der Waals surface area contributed by atoms with Crippen LogP contribution in [0.2, 0.25) is 0 Å². The molecule has 0 radical (unpaired) electrons. The smallest absolute Gasteiger partial charge is 0.406 e. The molecule has 0 fully saturated rings. The molecule has 0 heterocycles. The third-order valence-corrected chi connectivity index (χ3v) is 4.33. The van der Waals surface area contributed by atoms with Crippen LogP contribution in [0, 0.1) is 11.8 Å². The van der Waals surface area contributed by atoms with Crippen LogP contribution in [0.3, 0.4) is 0 Å². The van der Waals surface area contributed by atoms with Crippen molar-refractivity contribution in [1.29, 1.82) is 0 Å². The van der Waals surface area contributed by atoms with E-state index in [0.717, 1.165) is 0 Å². The van der Waals surface area contributed by atoms with Gasteiger partial charge in [0, 0.05) is 6.54 Å². The second-order valence-corrected chi connectivity index (χ2v) is 6.83. The van der Waals surface area contributed by atoms with E-state index in [1.54, 1.807) is 18.6 Å². The zero-order chi connectivity index (χ0) is 15.4. The minimum absolute atomic E-state index is 0.00866. The largest absolute Gasteiger partial charge is 0.481 e. The quantitative estimate of drug-likeness (QED) is 0.748. The summed E-state index contributed by atoms with van der Waals surface area (Å²) in [4.78, 5) is 10.9. The normalized spacial score (nSPS) is 16.4. The van der Waals surface area contributed by atoms with Crippen LogP contribution in [-0.4, -0.2) is 37.5 Å². The van der Waals surface area contributed by atoms with Gasteiger partial charge in [-0.3, -0.25) is 4.79 Å². The molecule has 2 N–H and O–H groups in total. The molecule has 5 nitrogen and oxygen atoms in total. The molecule has 19 heavy (non-hydrogen) atoms. The summed E-state index contributed by atoms with van der Waals surface area (Å²) in [7, 11) is -4.62. The van der Waals surface area contributed by atoms with Crippen molar-refractivity contribution in [3.05, 3.63) is 0 Å². The van der Waals surface area contributed by atoms with Crippen LogP contribution >= 0.6 is 0 Å². The van der Waals surface area contributed by atoms with Gasteiger partial charge in [0.05, 0.1) is 5.92 Å². The molecule has 0 saturated carbocycles. The van der Waals surface area contributed by atoms with Crippen LogP contribution in [-0.2, 0) is 14.8 Å². The average Bonchev–Trinajstić information content (AvgIpc) is 2.21. The first kappa shape index (κ1) is 18.2. The Morgan fingerprint density at radius 3 is 2.05 bits per heavy atom. The van der Waals surface area contributed by atoms with Crippen LogP contribution in [0.4, 0.5) is 13.2 Å². The van der Waals surface area contributed by atoms with Crippen LogP contribution in [0.5, 0.6) is 0 Å². The van der Waals surface area contributed by atoms with Gasteiger partial charge in [0.1, 0.15) is 0 Å². The van der Waals surface area contributed by atoms with E-state index < -0.39 is 39.9 Å². The zero-order valence-electron chi connectivity index (χ0n) is 10.9. The first-order valence-electron chi connectivity index (χ1n) is 5.66. The number of hydrogen-bond acceptors (Lipinski definition) is 3. The average molecular weight is 305 g/mol. The van der Waals surface area contributed by atoms with Crippen molar-refractivity contribution in [2.24, 2.45) is 11.8 Å². The number of alkyl halides is 3. The molecule has 0 rings (SSSR count). The summed E-state index contributed by atoms with van der Waals surface area (Å²) >= 11 is 0. The molecule has 2 unspecified atom stereocenters. The Morgan fingerprint density at radius 2 is 1.74 bits per heavy atom. The maximum Gasteiger partial charge on any atom is 0.406 e. The lowest BCUT2D eigenvalue weighted by atomic mass is 9.98. The number of carbonyl (C=O) groups is 1. The van der Waals surface area contributed by atoms with Gasteiger partial charge in [0.15, 0.2) is 5.25 Å². The Labute approximate surface area is 110 Å². The molecule has 0 amide bonds. The first-order valence-corrected chi connectivity index (χ1v) is 7.20. The molecule has 0 aliphatic carbocycles. The molecule has 0 aliphatic heterocycles. The molecule has 0 spiro atoms. The molecule has 9 heteroatoms. The van der Waals surface area contributed by atoms with Crippen molar-refractivity contribution in [2.75, 3.05) is 6.54 Å². The van der Waals surface area contributed by atoms with Crippen LogP contribution in [0.1, 0.15) is 27.2 Å². The second-order valence-electron chi connectivity index (χ2n) is 4.74. The summed E-state index contributed by atoms with van der Waals surface area (Å²) in [6, 6.07) is 0. The lowest BCUT2D eigenvalue weighted by Crippen LogP contribution is -2.44. The van der Waals surface area contributed by atoms with Crippen LogP contribution in [0.25, 0.3) is 0 Å². The van der Waals surface area contributed by atoms with E-state index in [1.807, 2.05) is 0 Å². The predicted molar refractivity (Wildman–Crippen MR) is 63.0 cm³/mol. The van der Waals surface area contributed by atoms with Gasteiger partial charge in [-0.15, -0.1) is 0 Å². The number of halogens is 3. The fourth-order valence-electron chi connectivity index (χ4n) is 1.36. The number of nitrogens with one attached hydrogen (secondary N) is 1. The van der Waals surface area contributed by atoms with Gasteiger partial charge in [-0.05, 0) is 19.3 Å². The zero-order valence-corrected chi connectivity index (χ0v) is 11.7. The van der Waals surface area contributed by atoms with E-state index >= 15 is 0 Å². The molecule has 0 bridgehead atoms. The summed E-state index contributed by atoms with van der Waals surface area (Å²) in [5.41, 5.74) is 0.